The van der Waals surface area contributed by atoms with E-state index < -0.39 is 10.8 Å². The van der Waals surface area contributed by atoms with Crippen molar-refractivity contribution in [3.05, 3.63) is 354 Å². The molecule has 0 radical (unpaired) electrons. The minimum absolute atomic E-state index is 0.0539. The maximum atomic E-state index is 2.68. The van der Waals surface area contributed by atoms with Gasteiger partial charge >= 0.3 is 0 Å². The van der Waals surface area contributed by atoms with Crippen LogP contribution in [0.3, 0.4) is 0 Å². The van der Waals surface area contributed by atoms with Crippen molar-refractivity contribution < 1.29 is 0 Å². The minimum atomic E-state index is -0.596. The van der Waals surface area contributed by atoms with Crippen molar-refractivity contribution in [2.45, 2.75) is 16.7 Å². The molecule has 2 atom stereocenters. The number of benzene rings is 11. The summed E-state index contributed by atoms with van der Waals surface area (Å²) in [5.74, 6) is 0.156. The Morgan fingerprint density at radius 1 is 0.280 bits per heavy atom. The van der Waals surface area contributed by atoms with Crippen molar-refractivity contribution >= 4 is 17.1 Å². The Balaban J connectivity index is 1.15. The second-order valence-electron chi connectivity index (χ2n) is 20.1. The van der Waals surface area contributed by atoms with Crippen LogP contribution in [-0.2, 0) is 10.8 Å². The van der Waals surface area contributed by atoms with Gasteiger partial charge in [0.05, 0.1) is 27.9 Å². The van der Waals surface area contributed by atoms with Crippen LogP contribution in [0.2, 0.25) is 0 Å². The van der Waals surface area contributed by atoms with Crippen LogP contribution in [0.25, 0.3) is 44.5 Å². The Morgan fingerprint density at radius 2 is 0.693 bits per heavy atom. The zero-order chi connectivity index (χ0) is 49.8. The summed E-state index contributed by atoms with van der Waals surface area (Å²) < 4.78 is 0. The molecule has 0 spiro atoms. The molecule has 11 aromatic carbocycles. The maximum absolute atomic E-state index is 2.68. The van der Waals surface area contributed by atoms with E-state index in [1.807, 2.05) is 0 Å². The summed E-state index contributed by atoms with van der Waals surface area (Å²) in [7, 11) is 0. The second-order valence-corrected chi connectivity index (χ2v) is 20.1. The van der Waals surface area contributed by atoms with Gasteiger partial charge in [0.2, 0.25) is 0 Å². The van der Waals surface area contributed by atoms with Crippen LogP contribution in [0.15, 0.2) is 309 Å². The molecule has 11 aromatic rings. The molecule has 3 aliphatic rings. The highest BCUT2D eigenvalue weighted by atomic mass is 15.2. The predicted molar refractivity (Wildman–Crippen MR) is 312 cm³/mol. The molecule has 0 N–H and O–H groups in total. The zero-order valence-electron chi connectivity index (χ0n) is 41.5. The van der Waals surface area contributed by atoms with Gasteiger partial charge in [-0.3, -0.25) is 0 Å². The summed E-state index contributed by atoms with van der Waals surface area (Å²) >= 11 is 0. The third-order valence-corrected chi connectivity index (χ3v) is 16.5. The molecule has 0 saturated heterocycles. The van der Waals surface area contributed by atoms with Gasteiger partial charge in [-0.2, -0.15) is 0 Å². The summed E-state index contributed by atoms with van der Waals surface area (Å²) in [4.78, 5) is 2.68. The number of allylic oxidation sites excluding steroid dienone is 4. The van der Waals surface area contributed by atoms with E-state index in [1.54, 1.807) is 0 Å². The SMILES string of the molecule is C1=CC2c3c(N(c4cccc(-c5ccccc5)c4-c4ccccc4-c4ccccc4)c4cccc5c4-c4ccccc4C5(c4ccccc4)c4ccccc4)cccc3C(c3ccccc3)(c3ccccc3)C2C=C1. The number of rotatable bonds is 10. The van der Waals surface area contributed by atoms with Crippen molar-refractivity contribution in [2.24, 2.45) is 5.92 Å². The molecule has 3 aliphatic carbocycles. The van der Waals surface area contributed by atoms with E-state index in [4.69, 9.17) is 0 Å². The van der Waals surface area contributed by atoms with Crippen LogP contribution in [0.4, 0.5) is 17.1 Å². The first kappa shape index (κ1) is 44.4. The van der Waals surface area contributed by atoms with Crippen molar-refractivity contribution in [3.8, 4) is 44.5 Å². The van der Waals surface area contributed by atoms with Crippen LogP contribution in [0, 0.1) is 5.92 Å². The lowest BCUT2D eigenvalue weighted by atomic mass is 9.63. The summed E-state index contributed by atoms with van der Waals surface area (Å²) in [6.07, 6.45) is 9.52. The third kappa shape index (κ3) is 6.78. The van der Waals surface area contributed by atoms with Crippen LogP contribution in [0.5, 0.6) is 0 Å². The first-order valence-electron chi connectivity index (χ1n) is 26.3. The normalized spacial score (nSPS) is 16.1. The van der Waals surface area contributed by atoms with Crippen molar-refractivity contribution in [2.75, 3.05) is 4.90 Å². The van der Waals surface area contributed by atoms with Crippen molar-refractivity contribution in [1.82, 2.24) is 0 Å². The lowest BCUT2D eigenvalue weighted by Crippen LogP contribution is -2.34. The van der Waals surface area contributed by atoms with Crippen LogP contribution < -0.4 is 4.90 Å². The highest BCUT2D eigenvalue weighted by Gasteiger charge is 2.55. The fourth-order valence-electron chi connectivity index (χ4n) is 13.7. The predicted octanol–water partition coefficient (Wildman–Crippen LogP) is 18.7. The van der Waals surface area contributed by atoms with Gasteiger partial charge in [-0.25, -0.2) is 0 Å². The maximum Gasteiger partial charge on any atom is 0.0714 e. The Labute approximate surface area is 440 Å². The Kier molecular flexibility index (Phi) is 10.8. The first-order valence-corrected chi connectivity index (χ1v) is 26.3. The van der Waals surface area contributed by atoms with Gasteiger partial charge in [0, 0.05) is 23.0 Å². The van der Waals surface area contributed by atoms with E-state index in [0.29, 0.717) is 0 Å². The number of anilines is 3. The molecule has 75 heavy (non-hydrogen) atoms. The van der Waals surface area contributed by atoms with Gasteiger partial charge in [0.25, 0.3) is 0 Å². The van der Waals surface area contributed by atoms with Gasteiger partial charge < -0.3 is 4.90 Å². The summed E-state index contributed by atoms with van der Waals surface area (Å²) in [5.41, 5.74) is 22.1. The number of fused-ring (bicyclic) bond motifs is 6. The molecule has 2 unspecified atom stereocenters. The first-order chi connectivity index (χ1) is 37.3. The van der Waals surface area contributed by atoms with E-state index in [0.717, 1.165) is 11.4 Å². The number of nitrogens with zero attached hydrogens (tertiary/aromatic N) is 1. The van der Waals surface area contributed by atoms with E-state index in [1.165, 1.54) is 94.7 Å². The Morgan fingerprint density at radius 3 is 1.29 bits per heavy atom. The van der Waals surface area contributed by atoms with Crippen molar-refractivity contribution in [3.63, 3.8) is 0 Å². The molecule has 1 heteroatoms. The van der Waals surface area contributed by atoms with E-state index in [-0.39, 0.29) is 11.8 Å². The molecule has 0 fully saturated rings. The number of hydrogen-bond acceptors (Lipinski definition) is 1. The Bertz CT molecular complexity index is 3850. The van der Waals surface area contributed by atoms with Gasteiger partial charge in [0.1, 0.15) is 0 Å². The zero-order valence-corrected chi connectivity index (χ0v) is 41.5. The monoisotopic (exact) mass is 955 g/mol. The van der Waals surface area contributed by atoms with Crippen LogP contribution >= 0.6 is 0 Å². The van der Waals surface area contributed by atoms with Gasteiger partial charge in [0.15, 0.2) is 0 Å². The van der Waals surface area contributed by atoms with E-state index in [9.17, 15) is 0 Å². The molecule has 354 valence electrons. The van der Waals surface area contributed by atoms with Crippen molar-refractivity contribution in [1.29, 1.82) is 0 Å². The number of hydrogen-bond donors (Lipinski definition) is 0. The molecule has 14 rings (SSSR count). The molecule has 0 aromatic heterocycles. The smallest absolute Gasteiger partial charge is 0.0714 e. The minimum Gasteiger partial charge on any atom is -0.309 e. The van der Waals surface area contributed by atoms with Crippen LogP contribution in [-0.4, -0.2) is 0 Å². The highest BCUT2D eigenvalue weighted by molar-refractivity contribution is 6.05. The van der Waals surface area contributed by atoms with Crippen LogP contribution in [0.1, 0.15) is 50.4 Å². The molecular formula is C74H53N. The van der Waals surface area contributed by atoms with Gasteiger partial charge in [-0.05, 0) is 96.1 Å². The molecule has 0 saturated carbocycles. The summed E-state index contributed by atoms with van der Waals surface area (Å²) in [6.45, 7) is 0. The van der Waals surface area contributed by atoms with Gasteiger partial charge in [-0.1, -0.05) is 291 Å². The second kappa shape index (κ2) is 18.3. The molecule has 0 bridgehead atoms. The third-order valence-electron chi connectivity index (χ3n) is 16.5. The molecule has 1 nitrogen and oxygen atoms in total. The topological polar surface area (TPSA) is 3.24 Å². The lowest BCUT2D eigenvalue weighted by Gasteiger charge is -2.38. The van der Waals surface area contributed by atoms with Gasteiger partial charge in [-0.15, -0.1) is 0 Å². The lowest BCUT2D eigenvalue weighted by molar-refractivity contribution is 0.457. The standard InChI is InChI=1S/C74H53N/c1-7-28-52(29-8-1)58-40-19-20-41-60(58)70-59(53-30-9-2-10-31-53)44-25-49-67(70)75(68-50-26-47-65-71(68)61-42-21-23-45-63(61)73(65,54-32-11-3-12-33-54)55-34-13-4-14-35-55)69-51-27-48-66-72(69)62-43-22-24-46-64(62)74(66,56-36-15-5-16-37-56)57-38-17-6-18-39-57/h1-51,61,63H. The average molecular weight is 956 g/mol. The quantitative estimate of drug-likeness (QED) is 0.132. The fourth-order valence-corrected chi connectivity index (χ4v) is 13.7. The molecule has 0 aliphatic heterocycles. The molecule has 0 heterocycles. The largest absolute Gasteiger partial charge is 0.309 e. The summed E-state index contributed by atoms with van der Waals surface area (Å²) in [6, 6.07) is 106. The van der Waals surface area contributed by atoms with E-state index >= 15 is 0 Å². The van der Waals surface area contributed by atoms with E-state index in [2.05, 4.69) is 314 Å². The average Bonchev–Trinajstić information content (AvgIpc) is 4.02. The molecule has 0 amide bonds. The fraction of sp³-hybridized carbons (Fsp3) is 0.0541. The highest BCUT2D eigenvalue weighted by Crippen LogP contribution is 2.65. The molecular weight excluding hydrogens is 903 g/mol. The summed E-state index contributed by atoms with van der Waals surface area (Å²) in [5, 5.41) is 0. The Hall–Kier alpha value is -9.30.